The van der Waals surface area contributed by atoms with Crippen LogP contribution < -0.4 is 5.32 Å². The molecule has 1 nitrogen and oxygen atoms in total. The van der Waals surface area contributed by atoms with E-state index in [0.717, 1.165) is 18.0 Å². The molecule has 0 heterocycles. The van der Waals surface area contributed by atoms with Gasteiger partial charge in [0.1, 0.15) is 0 Å². The minimum absolute atomic E-state index is 0.552. The predicted octanol–water partition coefficient (Wildman–Crippen LogP) is 3.23. The third kappa shape index (κ3) is 3.37. The van der Waals surface area contributed by atoms with E-state index in [1.807, 2.05) is 18.2 Å². The van der Waals surface area contributed by atoms with Crippen molar-refractivity contribution in [3.8, 4) is 0 Å². The summed E-state index contributed by atoms with van der Waals surface area (Å²) in [5, 5.41) is 4.25. The minimum Gasteiger partial charge on any atom is -0.310 e. The summed E-state index contributed by atoms with van der Waals surface area (Å²) in [7, 11) is 0. The van der Waals surface area contributed by atoms with Crippen molar-refractivity contribution in [2.75, 3.05) is 0 Å². The quantitative estimate of drug-likeness (QED) is 0.782. The van der Waals surface area contributed by atoms with E-state index in [1.165, 1.54) is 5.56 Å². The molecule has 1 rings (SSSR count). The maximum absolute atomic E-state index is 6.01. The molecular formula is C11H16ClN. The first-order chi connectivity index (χ1) is 6.24. The molecule has 1 atom stereocenters. The molecule has 2 heteroatoms. The number of halogens is 1. The van der Waals surface area contributed by atoms with E-state index >= 15 is 0 Å². The molecule has 1 N–H and O–H groups in total. The number of benzene rings is 1. The molecule has 0 saturated heterocycles. The Morgan fingerprint density at radius 1 is 1.38 bits per heavy atom. The van der Waals surface area contributed by atoms with Crippen molar-refractivity contribution < 1.29 is 0 Å². The second-order valence-electron chi connectivity index (χ2n) is 3.28. The van der Waals surface area contributed by atoms with Crippen molar-refractivity contribution in [2.45, 2.75) is 32.9 Å². The van der Waals surface area contributed by atoms with Crippen LogP contribution in [-0.4, -0.2) is 6.04 Å². The second kappa shape index (κ2) is 5.25. The highest BCUT2D eigenvalue weighted by atomic mass is 35.5. The molecular weight excluding hydrogens is 182 g/mol. The number of hydrogen-bond acceptors (Lipinski definition) is 1. The average Bonchev–Trinajstić information content (AvgIpc) is 2.16. The van der Waals surface area contributed by atoms with Gasteiger partial charge in [0.05, 0.1) is 0 Å². The molecule has 0 aliphatic rings. The van der Waals surface area contributed by atoms with Crippen molar-refractivity contribution in [1.82, 2.24) is 5.32 Å². The van der Waals surface area contributed by atoms with Crippen LogP contribution in [0.25, 0.3) is 0 Å². The SMILES string of the molecule is CC[C@H](C)NCc1ccccc1Cl. The van der Waals surface area contributed by atoms with Gasteiger partial charge in [0.2, 0.25) is 0 Å². The molecule has 0 bridgehead atoms. The van der Waals surface area contributed by atoms with Gasteiger partial charge in [-0.2, -0.15) is 0 Å². The summed E-state index contributed by atoms with van der Waals surface area (Å²) in [4.78, 5) is 0. The number of rotatable bonds is 4. The minimum atomic E-state index is 0.552. The highest BCUT2D eigenvalue weighted by molar-refractivity contribution is 6.31. The maximum atomic E-state index is 6.01. The second-order valence-corrected chi connectivity index (χ2v) is 3.69. The van der Waals surface area contributed by atoms with Crippen LogP contribution in [0.1, 0.15) is 25.8 Å². The van der Waals surface area contributed by atoms with Crippen LogP contribution >= 0.6 is 11.6 Å². The van der Waals surface area contributed by atoms with Crippen LogP contribution in [0.3, 0.4) is 0 Å². The summed E-state index contributed by atoms with van der Waals surface area (Å²) in [6.45, 7) is 5.20. The lowest BCUT2D eigenvalue weighted by molar-refractivity contribution is 0.534. The van der Waals surface area contributed by atoms with E-state index < -0.39 is 0 Å². The standard InChI is InChI=1S/C11H16ClN/c1-3-9(2)13-8-10-6-4-5-7-11(10)12/h4-7,9,13H,3,8H2,1-2H3/t9-/m0/s1. The van der Waals surface area contributed by atoms with Crippen molar-refractivity contribution >= 4 is 11.6 Å². The van der Waals surface area contributed by atoms with Gasteiger partial charge in [-0.05, 0) is 25.0 Å². The smallest absolute Gasteiger partial charge is 0.0450 e. The zero-order chi connectivity index (χ0) is 9.68. The van der Waals surface area contributed by atoms with E-state index in [2.05, 4.69) is 25.2 Å². The van der Waals surface area contributed by atoms with E-state index in [0.29, 0.717) is 6.04 Å². The summed E-state index contributed by atoms with van der Waals surface area (Å²) >= 11 is 6.01. The van der Waals surface area contributed by atoms with Gasteiger partial charge >= 0.3 is 0 Å². The van der Waals surface area contributed by atoms with Crippen molar-refractivity contribution in [3.05, 3.63) is 34.9 Å². The zero-order valence-electron chi connectivity index (χ0n) is 8.18. The molecule has 0 spiro atoms. The molecule has 0 saturated carbocycles. The molecule has 0 unspecified atom stereocenters. The molecule has 0 aliphatic carbocycles. The molecule has 0 aromatic heterocycles. The van der Waals surface area contributed by atoms with Gasteiger partial charge in [-0.3, -0.25) is 0 Å². The highest BCUT2D eigenvalue weighted by Crippen LogP contribution is 2.14. The molecule has 0 aliphatic heterocycles. The molecule has 0 fully saturated rings. The zero-order valence-corrected chi connectivity index (χ0v) is 8.93. The first-order valence-electron chi connectivity index (χ1n) is 4.70. The Labute approximate surface area is 85.1 Å². The fourth-order valence-electron chi connectivity index (χ4n) is 1.07. The lowest BCUT2D eigenvalue weighted by atomic mass is 10.2. The van der Waals surface area contributed by atoms with Crippen LogP contribution in [0.15, 0.2) is 24.3 Å². The molecule has 1 aromatic rings. The predicted molar refractivity (Wildman–Crippen MR) is 58.0 cm³/mol. The van der Waals surface area contributed by atoms with E-state index in [4.69, 9.17) is 11.6 Å². The monoisotopic (exact) mass is 197 g/mol. The summed E-state index contributed by atoms with van der Waals surface area (Å²) in [5.74, 6) is 0. The number of hydrogen-bond donors (Lipinski definition) is 1. The van der Waals surface area contributed by atoms with Crippen molar-refractivity contribution in [3.63, 3.8) is 0 Å². The van der Waals surface area contributed by atoms with Crippen LogP contribution in [0.2, 0.25) is 5.02 Å². The summed E-state index contributed by atoms with van der Waals surface area (Å²) in [6.07, 6.45) is 1.14. The Morgan fingerprint density at radius 3 is 2.69 bits per heavy atom. The maximum Gasteiger partial charge on any atom is 0.0450 e. The fourth-order valence-corrected chi connectivity index (χ4v) is 1.27. The summed E-state index contributed by atoms with van der Waals surface area (Å²) in [6, 6.07) is 8.50. The van der Waals surface area contributed by atoms with E-state index in [-0.39, 0.29) is 0 Å². The number of nitrogens with one attached hydrogen (secondary N) is 1. The van der Waals surface area contributed by atoms with Crippen LogP contribution in [0, 0.1) is 0 Å². The molecule has 1 aromatic carbocycles. The normalized spacial score (nSPS) is 12.8. The molecule has 0 radical (unpaired) electrons. The first kappa shape index (κ1) is 10.6. The largest absolute Gasteiger partial charge is 0.310 e. The highest BCUT2D eigenvalue weighted by Gasteiger charge is 2.00. The van der Waals surface area contributed by atoms with Gasteiger partial charge in [0, 0.05) is 17.6 Å². The lowest BCUT2D eigenvalue weighted by Gasteiger charge is -2.11. The third-order valence-corrected chi connectivity index (χ3v) is 2.58. The first-order valence-corrected chi connectivity index (χ1v) is 5.08. The van der Waals surface area contributed by atoms with Gasteiger partial charge in [-0.1, -0.05) is 36.7 Å². The van der Waals surface area contributed by atoms with Gasteiger partial charge in [-0.15, -0.1) is 0 Å². The lowest BCUT2D eigenvalue weighted by Crippen LogP contribution is -2.24. The summed E-state index contributed by atoms with van der Waals surface area (Å²) < 4.78 is 0. The van der Waals surface area contributed by atoms with Crippen molar-refractivity contribution in [2.24, 2.45) is 0 Å². The van der Waals surface area contributed by atoms with Gasteiger partial charge in [0.15, 0.2) is 0 Å². The Bertz CT molecular complexity index is 260. The molecule has 13 heavy (non-hydrogen) atoms. The van der Waals surface area contributed by atoms with E-state index in [1.54, 1.807) is 0 Å². The van der Waals surface area contributed by atoms with Crippen molar-refractivity contribution in [1.29, 1.82) is 0 Å². The average molecular weight is 198 g/mol. The van der Waals surface area contributed by atoms with Crippen LogP contribution in [-0.2, 0) is 6.54 Å². The topological polar surface area (TPSA) is 12.0 Å². The van der Waals surface area contributed by atoms with Crippen LogP contribution in [0.5, 0.6) is 0 Å². The third-order valence-electron chi connectivity index (χ3n) is 2.21. The van der Waals surface area contributed by atoms with Gasteiger partial charge in [0.25, 0.3) is 0 Å². The van der Waals surface area contributed by atoms with Gasteiger partial charge < -0.3 is 5.32 Å². The Kier molecular flexibility index (Phi) is 4.26. The van der Waals surface area contributed by atoms with E-state index in [9.17, 15) is 0 Å². The summed E-state index contributed by atoms with van der Waals surface area (Å²) in [5.41, 5.74) is 1.17. The Balaban J connectivity index is 2.50. The fraction of sp³-hybridized carbons (Fsp3) is 0.455. The van der Waals surface area contributed by atoms with Gasteiger partial charge in [-0.25, -0.2) is 0 Å². The Morgan fingerprint density at radius 2 is 2.08 bits per heavy atom. The molecule has 0 amide bonds. The Hall–Kier alpha value is -0.530. The molecule has 72 valence electrons. The van der Waals surface area contributed by atoms with Crippen LogP contribution in [0.4, 0.5) is 0 Å².